The minimum Gasteiger partial charge on any atom is -0.461 e. The molecule has 0 bridgehead atoms. The van der Waals surface area contributed by atoms with E-state index in [9.17, 15) is 9.59 Å². The number of rotatable bonds is 5. The van der Waals surface area contributed by atoms with Gasteiger partial charge in [-0.15, -0.1) is 0 Å². The smallest absolute Gasteiger partial charge is 0.354 e. The van der Waals surface area contributed by atoms with Crippen molar-refractivity contribution in [3.05, 3.63) is 11.3 Å². The van der Waals surface area contributed by atoms with E-state index in [1.807, 2.05) is 6.92 Å². The summed E-state index contributed by atoms with van der Waals surface area (Å²) in [6.45, 7) is 4.05. The molecule has 106 valence electrons. The van der Waals surface area contributed by atoms with E-state index < -0.39 is 5.97 Å². The summed E-state index contributed by atoms with van der Waals surface area (Å²) in [6.07, 6.45) is 4.55. The summed E-state index contributed by atoms with van der Waals surface area (Å²) in [5.74, 6) is 0.158. The van der Waals surface area contributed by atoms with E-state index in [1.165, 1.54) is 12.8 Å². The van der Waals surface area contributed by atoms with Crippen LogP contribution in [0.4, 0.5) is 0 Å². The number of ether oxygens (including phenoxy) is 2. The maximum Gasteiger partial charge on any atom is 0.354 e. The van der Waals surface area contributed by atoms with Crippen LogP contribution in [-0.4, -0.2) is 31.2 Å². The molecule has 2 atom stereocenters. The molecule has 1 saturated heterocycles. The second-order valence-corrected chi connectivity index (χ2v) is 5.19. The summed E-state index contributed by atoms with van der Waals surface area (Å²) < 4.78 is 10.9. The quantitative estimate of drug-likeness (QED) is 0.466. The lowest BCUT2D eigenvalue weighted by Crippen LogP contribution is -2.32. The van der Waals surface area contributed by atoms with Crippen LogP contribution in [-0.2, 0) is 19.1 Å². The highest BCUT2D eigenvalue weighted by atomic mass is 16.5. The number of esters is 1. The van der Waals surface area contributed by atoms with Crippen molar-refractivity contribution in [3.63, 3.8) is 0 Å². The molecular weight excluding hydrogens is 246 g/mol. The molecule has 1 aliphatic carbocycles. The zero-order valence-electron chi connectivity index (χ0n) is 11.5. The topological polar surface area (TPSA) is 64.6 Å². The Kier molecular flexibility index (Phi) is 4.58. The van der Waals surface area contributed by atoms with Gasteiger partial charge in [0.25, 0.3) is 0 Å². The molecule has 5 heteroatoms. The Labute approximate surface area is 113 Å². The van der Waals surface area contributed by atoms with Gasteiger partial charge in [0.1, 0.15) is 5.70 Å². The maximum absolute atomic E-state index is 11.9. The number of hydrogen-bond acceptors (Lipinski definition) is 4. The fourth-order valence-electron chi connectivity index (χ4n) is 2.59. The van der Waals surface area contributed by atoms with Crippen LogP contribution >= 0.6 is 0 Å². The van der Waals surface area contributed by atoms with Gasteiger partial charge in [0.15, 0.2) is 0 Å². The normalized spacial score (nSPS) is 29.6. The van der Waals surface area contributed by atoms with Gasteiger partial charge in [0, 0.05) is 0 Å². The van der Waals surface area contributed by atoms with Crippen molar-refractivity contribution in [2.45, 2.75) is 51.7 Å². The van der Waals surface area contributed by atoms with Crippen molar-refractivity contribution < 1.29 is 19.1 Å². The Morgan fingerprint density at radius 3 is 2.79 bits per heavy atom. The van der Waals surface area contributed by atoms with Crippen LogP contribution in [0.1, 0.15) is 39.5 Å². The minimum atomic E-state index is -0.451. The molecule has 2 fully saturated rings. The first-order chi connectivity index (χ1) is 9.15. The average Bonchev–Trinajstić information content (AvgIpc) is 3.19. The zero-order chi connectivity index (χ0) is 13.8. The van der Waals surface area contributed by atoms with Gasteiger partial charge in [-0.3, -0.25) is 4.79 Å². The fourth-order valence-corrected chi connectivity index (χ4v) is 2.59. The summed E-state index contributed by atoms with van der Waals surface area (Å²) >= 11 is 0. The third-order valence-electron chi connectivity index (χ3n) is 3.57. The predicted molar refractivity (Wildman–Crippen MR) is 69.2 cm³/mol. The third kappa shape index (κ3) is 3.56. The molecule has 0 aromatic rings. The van der Waals surface area contributed by atoms with E-state index in [0.29, 0.717) is 37.5 Å². The number of amides is 1. The number of carbonyl (C=O) groups is 2. The first-order valence-electron chi connectivity index (χ1n) is 6.90. The Morgan fingerprint density at radius 2 is 2.21 bits per heavy atom. The lowest BCUT2D eigenvalue weighted by molar-refractivity contribution is -0.139. The van der Waals surface area contributed by atoms with E-state index in [1.54, 1.807) is 6.92 Å². The van der Waals surface area contributed by atoms with Crippen molar-refractivity contribution in [2.75, 3.05) is 6.61 Å². The van der Waals surface area contributed by atoms with Crippen molar-refractivity contribution in [2.24, 2.45) is 5.92 Å². The van der Waals surface area contributed by atoms with Gasteiger partial charge < -0.3 is 14.8 Å². The van der Waals surface area contributed by atoms with Crippen molar-refractivity contribution in [1.29, 1.82) is 0 Å². The number of nitrogens with one attached hydrogen (secondary N) is 1. The largest absolute Gasteiger partial charge is 0.461 e. The van der Waals surface area contributed by atoms with Gasteiger partial charge in [0.05, 0.1) is 18.8 Å². The number of hydrogen-bond donors (Lipinski definition) is 1. The lowest BCUT2D eigenvalue weighted by Gasteiger charge is -2.31. The van der Waals surface area contributed by atoms with Gasteiger partial charge >= 0.3 is 5.97 Å². The molecule has 1 N–H and O–H groups in total. The highest BCUT2D eigenvalue weighted by molar-refractivity contribution is 5.91. The molecule has 2 rings (SSSR count). The van der Waals surface area contributed by atoms with E-state index in [4.69, 9.17) is 9.47 Å². The summed E-state index contributed by atoms with van der Waals surface area (Å²) in [7, 11) is 0. The molecule has 0 radical (unpaired) electrons. The van der Waals surface area contributed by atoms with Gasteiger partial charge in [-0.2, -0.15) is 0 Å². The fraction of sp³-hybridized carbons (Fsp3) is 0.714. The molecule has 0 aromatic carbocycles. The van der Waals surface area contributed by atoms with Crippen LogP contribution in [0, 0.1) is 5.92 Å². The minimum absolute atomic E-state index is 0.0761. The molecule has 1 unspecified atom stereocenters. The predicted octanol–water partition coefficient (Wildman–Crippen LogP) is 1.53. The Bertz CT molecular complexity index is 387. The highest BCUT2D eigenvalue weighted by Gasteiger charge is 2.37. The van der Waals surface area contributed by atoms with E-state index in [2.05, 4.69) is 5.32 Å². The van der Waals surface area contributed by atoms with Gasteiger partial charge in [-0.05, 0) is 51.0 Å². The van der Waals surface area contributed by atoms with Crippen molar-refractivity contribution in [1.82, 2.24) is 5.32 Å². The van der Waals surface area contributed by atoms with Gasteiger partial charge in [0.2, 0.25) is 6.41 Å². The van der Waals surface area contributed by atoms with E-state index in [-0.39, 0.29) is 12.2 Å². The molecule has 2 aliphatic rings. The number of carbonyl (C=O) groups excluding carboxylic acids is 2. The van der Waals surface area contributed by atoms with Crippen molar-refractivity contribution >= 4 is 12.4 Å². The molecular formula is C14H21NO4. The third-order valence-corrected chi connectivity index (χ3v) is 3.57. The molecule has 1 aliphatic heterocycles. The summed E-state index contributed by atoms with van der Waals surface area (Å²) in [5, 5.41) is 2.51. The Morgan fingerprint density at radius 1 is 1.47 bits per heavy atom. The summed E-state index contributed by atoms with van der Waals surface area (Å²) in [6, 6.07) is 0. The highest BCUT2D eigenvalue weighted by Crippen LogP contribution is 2.41. The zero-order valence-corrected chi connectivity index (χ0v) is 11.5. The molecule has 19 heavy (non-hydrogen) atoms. The lowest BCUT2D eigenvalue weighted by atomic mass is 9.94. The summed E-state index contributed by atoms with van der Waals surface area (Å²) in [5.41, 5.74) is 1.25. The first-order valence-corrected chi connectivity index (χ1v) is 6.90. The van der Waals surface area contributed by atoms with Crippen molar-refractivity contribution in [3.8, 4) is 0 Å². The molecule has 1 saturated carbocycles. The van der Waals surface area contributed by atoms with Crippen LogP contribution in [0.25, 0.3) is 0 Å². The van der Waals surface area contributed by atoms with Crippen LogP contribution in [0.3, 0.4) is 0 Å². The van der Waals surface area contributed by atoms with Crippen LogP contribution < -0.4 is 5.32 Å². The van der Waals surface area contributed by atoms with E-state index >= 15 is 0 Å². The van der Waals surface area contributed by atoms with Crippen LogP contribution in [0.5, 0.6) is 0 Å². The molecule has 0 spiro atoms. The molecule has 5 nitrogen and oxygen atoms in total. The maximum atomic E-state index is 11.9. The molecule has 1 heterocycles. The monoisotopic (exact) mass is 267 g/mol. The summed E-state index contributed by atoms with van der Waals surface area (Å²) in [4.78, 5) is 22.6. The van der Waals surface area contributed by atoms with Gasteiger partial charge in [-0.1, -0.05) is 0 Å². The standard InChI is InChI=1S/C14H21NO4/c1-3-18-14(17)13(15-8-16)11-6-9(2)19-12(7-11)10-4-5-10/h8-10,12H,3-7H2,1-2H3,(H,15,16)/b13-11-/t9-,12?/m0/s1. The van der Waals surface area contributed by atoms with Crippen LogP contribution in [0.15, 0.2) is 11.3 Å². The van der Waals surface area contributed by atoms with E-state index in [0.717, 1.165) is 5.57 Å². The Hall–Kier alpha value is -1.36. The van der Waals surface area contributed by atoms with Gasteiger partial charge in [-0.25, -0.2) is 4.79 Å². The Balaban J connectivity index is 2.17. The second kappa shape index (κ2) is 6.19. The average molecular weight is 267 g/mol. The van der Waals surface area contributed by atoms with Crippen LogP contribution in [0.2, 0.25) is 0 Å². The SMILES string of the molecule is CCOC(=O)/C(NC=O)=C1/CC(C2CC2)O[C@@H](C)C1. The first kappa shape index (κ1) is 14.1. The molecule has 1 amide bonds. The second-order valence-electron chi connectivity index (χ2n) is 5.19. The molecule has 0 aromatic heterocycles.